The monoisotopic (exact) mass is 509 g/mol. The number of hydrogen-bond donors (Lipinski definition) is 7. The summed E-state index contributed by atoms with van der Waals surface area (Å²) >= 11 is 2.96. The second-order valence-corrected chi connectivity index (χ2v) is 9.61. The summed E-state index contributed by atoms with van der Waals surface area (Å²) in [7, 11) is 0. The average Bonchev–Trinajstić information content (AvgIpc) is 2.76. The zero-order valence-corrected chi connectivity index (χ0v) is 21.2. The van der Waals surface area contributed by atoms with Crippen LogP contribution in [-0.2, 0) is 19.2 Å². The smallest absolute Gasteiger partial charge is 0.328 e. The Kier molecular flexibility index (Phi) is 17.0. The number of unbranched alkanes of at least 4 members (excludes halogenated alkanes) is 1. The molecule has 0 saturated carbocycles. The van der Waals surface area contributed by atoms with Gasteiger partial charge >= 0.3 is 5.97 Å². The highest BCUT2D eigenvalue weighted by atomic mass is 32.2. The Hall–Kier alpha value is -1.54. The number of aliphatic hydroxyl groups excluding tert-OH is 1. The maximum Gasteiger partial charge on any atom is 0.328 e. The third-order valence-electron chi connectivity index (χ3n) is 4.84. The lowest BCUT2D eigenvalue weighted by molar-refractivity contribution is -0.145. The molecule has 0 aliphatic rings. The van der Waals surface area contributed by atoms with Crippen molar-refractivity contribution < 1.29 is 29.4 Å². The lowest BCUT2D eigenvalue weighted by Crippen LogP contribution is -2.58. The first kappa shape index (κ1) is 31.5. The number of amides is 3. The van der Waals surface area contributed by atoms with Crippen LogP contribution in [0.4, 0.5) is 0 Å². The number of rotatable bonds is 18. The van der Waals surface area contributed by atoms with E-state index in [4.69, 9.17) is 11.5 Å². The van der Waals surface area contributed by atoms with E-state index in [0.29, 0.717) is 37.3 Å². The molecule has 0 radical (unpaired) electrons. The van der Waals surface area contributed by atoms with Crippen molar-refractivity contribution in [3.8, 4) is 0 Å². The van der Waals surface area contributed by atoms with Gasteiger partial charge in [0.1, 0.15) is 12.1 Å². The van der Waals surface area contributed by atoms with Crippen molar-refractivity contribution in [2.45, 2.75) is 69.3 Å². The quantitative estimate of drug-likeness (QED) is 0.111. The normalized spacial score (nSPS) is 15.6. The molecule has 0 aromatic heterocycles. The number of thioether (sulfide) groups is 2. The van der Waals surface area contributed by atoms with Gasteiger partial charge in [0, 0.05) is 0 Å². The van der Waals surface area contributed by atoms with Crippen LogP contribution >= 0.6 is 23.5 Å². The predicted molar refractivity (Wildman–Crippen MR) is 132 cm³/mol. The average molecular weight is 510 g/mol. The van der Waals surface area contributed by atoms with Crippen molar-refractivity contribution in [2.75, 3.05) is 30.6 Å². The SMILES string of the molecule is CSCCC(NC(=O)C(N)CCCCN)C(=O)NC(CCSC)C(=O)NC(C(=O)O)C(C)O. The first-order valence-electron chi connectivity index (χ1n) is 10.8. The first-order valence-corrected chi connectivity index (χ1v) is 13.6. The molecule has 0 fully saturated rings. The summed E-state index contributed by atoms with van der Waals surface area (Å²) in [5.41, 5.74) is 11.4. The van der Waals surface area contributed by atoms with Crippen molar-refractivity contribution in [2.24, 2.45) is 11.5 Å². The van der Waals surface area contributed by atoms with E-state index in [1.165, 1.54) is 30.4 Å². The summed E-state index contributed by atoms with van der Waals surface area (Å²) < 4.78 is 0. The molecule has 13 heteroatoms. The van der Waals surface area contributed by atoms with Crippen LogP contribution in [0.2, 0.25) is 0 Å². The zero-order chi connectivity index (χ0) is 25.4. The molecule has 0 bridgehead atoms. The van der Waals surface area contributed by atoms with E-state index in [2.05, 4.69) is 16.0 Å². The Balaban J connectivity index is 5.32. The van der Waals surface area contributed by atoms with Gasteiger partial charge in [-0.05, 0) is 63.2 Å². The van der Waals surface area contributed by atoms with Gasteiger partial charge < -0.3 is 37.6 Å². The number of carbonyl (C=O) groups excluding carboxylic acids is 3. The van der Waals surface area contributed by atoms with Gasteiger partial charge in [0.25, 0.3) is 0 Å². The number of hydrogen-bond acceptors (Lipinski definition) is 9. The number of carbonyl (C=O) groups is 4. The Labute approximate surface area is 203 Å². The van der Waals surface area contributed by atoms with Crippen LogP contribution < -0.4 is 27.4 Å². The molecular weight excluding hydrogens is 470 g/mol. The molecule has 0 rings (SSSR count). The standard InChI is InChI=1S/C20H39N5O6S2/c1-12(26)16(20(30)31)25-19(29)15(8-11-33-3)24-18(28)14(7-10-32-2)23-17(27)13(22)6-4-5-9-21/h12-16,26H,4-11,21-22H2,1-3H3,(H,23,27)(H,24,28)(H,25,29)(H,30,31). The third-order valence-corrected chi connectivity index (χ3v) is 6.13. The van der Waals surface area contributed by atoms with E-state index in [0.717, 1.165) is 6.42 Å². The number of carboxylic acid groups (broad SMARTS) is 1. The summed E-state index contributed by atoms with van der Waals surface area (Å²) in [6.07, 6.45) is 4.83. The lowest BCUT2D eigenvalue weighted by Gasteiger charge is -2.25. The number of nitrogens with two attached hydrogens (primary N) is 2. The molecule has 33 heavy (non-hydrogen) atoms. The minimum atomic E-state index is -1.51. The molecule has 0 aromatic rings. The number of aliphatic carboxylic acids is 1. The summed E-state index contributed by atoms with van der Waals surface area (Å²) in [5.74, 6) is -2.01. The summed E-state index contributed by atoms with van der Waals surface area (Å²) in [6.45, 7) is 1.75. The maximum atomic E-state index is 13.0. The van der Waals surface area contributed by atoms with Crippen LogP contribution in [0.1, 0.15) is 39.0 Å². The van der Waals surface area contributed by atoms with Crippen molar-refractivity contribution in [1.82, 2.24) is 16.0 Å². The molecule has 5 unspecified atom stereocenters. The topological polar surface area (TPSA) is 197 Å². The van der Waals surface area contributed by atoms with Crippen LogP contribution in [0.15, 0.2) is 0 Å². The fourth-order valence-corrected chi connectivity index (χ4v) is 3.79. The van der Waals surface area contributed by atoms with E-state index < -0.39 is 54.0 Å². The molecule has 192 valence electrons. The van der Waals surface area contributed by atoms with Gasteiger partial charge in [0.05, 0.1) is 12.1 Å². The molecule has 11 nitrogen and oxygen atoms in total. The molecule has 0 spiro atoms. The second kappa shape index (κ2) is 17.9. The van der Waals surface area contributed by atoms with E-state index in [1.807, 2.05) is 12.5 Å². The zero-order valence-electron chi connectivity index (χ0n) is 19.5. The van der Waals surface area contributed by atoms with Crippen molar-refractivity contribution in [1.29, 1.82) is 0 Å². The Morgan fingerprint density at radius 1 is 0.848 bits per heavy atom. The molecule has 5 atom stereocenters. The number of carboxylic acids is 1. The Morgan fingerprint density at radius 2 is 1.33 bits per heavy atom. The van der Waals surface area contributed by atoms with Crippen molar-refractivity contribution >= 4 is 47.2 Å². The van der Waals surface area contributed by atoms with Gasteiger partial charge in [-0.25, -0.2) is 4.79 Å². The molecule has 3 amide bonds. The molecule has 0 saturated heterocycles. The number of nitrogens with one attached hydrogen (secondary N) is 3. The van der Waals surface area contributed by atoms with Crippen molar-refractivity contribution in [3.05, 3.63) is 0 Å². The molecule has 9 N–H and O–H groups in total. The van der Waals surface area contributed by atoms with Gasteiger partial charge in [0.2, 0.25) is 17.7 Å². The van der Waals surface area contributed by atoms with E-state index >= 15 is 0 Å². The molecule has 0 aliphatic heterocycles. The van der Waals surface area contributed by atoms with Gasteiger partial charge in [0.15, 0.2) is 6.04 Å². The minimum absolute atomic E-state index is 0.243. The summed E-state index contributed by atoms with van der Waals surface area (Å²) in [4.78, 5) is 49.4. The van der Waals surface area contributed by atoms with Crippen LogP contribution in [-0.4, -0.2) is 94.7 Å². The van der Waals surface area contributed by atoms with Crippen LogP contribution in [0.25, 0.3) is 0 Å². The van der Waals surface area contributed by atoms with Crippen LogP contribution in [0.5, 0.6) is 0 Å². The maximum absolute atomic E-state index is 13.0. The molecule has 0 aliphatic carbocycles. The van der Waals surface area contributed by atoms with E-state index in [-0.39, 0.29) is 6.42 Å². The molecular formula is C20H39N5O6S2. The van der Waals surface area contributed by atoms with Crippen LogP contribution in [0.3, 0.4) is 0 Å². The van der Waals surface area contributed by atoms with Gasteiger partial charge in [-0.2, -0.15) is 23.5 Å². The summed E-state index contributed by atoms with van der Waals surface area (Å²) in [5, 5.41) is 26.4. The van der Waals surface area contributed by atoms with Crippen LogP contribution in [0, 0.1) is 0 Å². The first-order chi connectivity index (χ1) is 15.6. The summed E-state index contributed by atoms with van der Waals surface area (Å²) in [6, 6.07) is -4.22. The van der Waals surface area contributed by atoms with Crippen molar-refractivity contribution in [3.63, 3.8) is 0 Å². The lowest BCUT2D eigenvalue weighted by atomic mass is 10.1. The minimum Gasteiger partial charge on any atom is -0.480 e. The van der Waals surface area contributed by atoms with Gasteiger partial charge in [-0.1, -0.05) is 6.42 Å². The predicted octanol–water partition coefficient (Wildman–Crippen LogP) is -1.13. The number of aliphatic hydroxyl groups is 1. The van der Waals surface area contributed by atoms with Gasteiger partial charge in [-0.15, -0.1) is 0 Å². The van der Waals surface area contributed by atoms with E-state index in [1.54, 1.807) is 0 Å². The molecule has 0 heterocycles. The van der Waals surface area contributed by atoms with E-state index in [9.17, 15) is 29.4 Å². The van der Waals surface area contributed by atoms with Gasteiger partial charge in [-0.3, -0.25) is 14.4 Å². The highest BCUT2D eigenvalue weighted by molar-refractivity contribution is 7.98. The Bertz CT molecular complexity index is 626. The fourth-order valence-electron chi connectivity index (χ4n) is 2.84. The largest absolute Gasteiger partial charge is 0.480 e. The third kappa shape index (κ3) is 13.1. The fraction of sp³-hybridized carbons (Fsp3) is 0.800. The Morgan fingerprint density at radius 3 is 1.76 bits per heavy atom. The molecule has 0 aromatic carbocycles. The second-order valence-electron chi connectivity index (χ2n) is 7.64. The highest BCUT2D eigenvalue weighted by Gasteiger charge is 2.31. The highest BCUT2D eigenvalue weighted by Crippen LogP contribution is 2.07.